The van der Waals surface area contributed by atoms with Crippen LogP contribution >= 0.6 is 0 Å². The number of halogens is 1. The molecule has 0 radical (unpaired) electrons. The van der Waals surface area contributed by atoms with E-state index in [-0.39, 0.29) is 30.0 Å². The highest BCUT2D eigenvalue weighted by molar-refractivity contribution is 5.76. The fourth-order valence-corrected chi connectivity index (χ4v) is 1.43. The molecule has 0 aliphatic rings. The average molecular weight is 369 g/mol. The van der Waals surface area contributed by atoms with E-state index in [1.165, 1.54) is 0 Å². The predicted molar refractivity (Wildman–Crippen MR) is 61.7 cm³/mol. The van der Waals surface area contributed by atoms with Gasteiger partial charge < -0.3 is 33.5 Å². The van der Waals surface area contributed by atoms with Gasteiger partial charge >= 0.3 is 6.03 Å². The van der Waals surface area contributed by atoms with E-state index in [2.05, 4.69) is 0 Å². The molecule has 7 heteroatoms. The zero-order valence-electron chi connectivity index (χ0n) is 11.0. The van der Waals surface area contributed by atoms with Crippen molar-refractivity contribution in [2.24, 2.45) is 7.05 Å². The number of methoxy groups -OCH3 is 2. The maximum Gasteiger partial charge on any atom is 0.415 e. The number of nitrogens with zero attached hydrogens (tertiary/aromatic N) is 3. The minimum absolute atomic E-state index is 0. The van der Waals surface area contributed by atoms with E-state index in [9.17, 15) is 4.79 Å². The molecule has 1 heterocycles. The Bertz CT molecular complexity index is 349. The Labute approximate surface area is 124 Å². The lowest BCUT2D eigenvalue weighted by Crippen LogP contribution is -3.00. The van der Waals surface area contributed by atoms with E-state index in [1.54, 1.807) is 36.2 Å². The topological polar surface area (TPSA) is 47.6 Å². The number of aromatic nitrogens is 2. The van der Waals surface area contributed by atoms with Crippen LogP contribution in [0, 0.1) is 0 Å². The lowest BCUT2D eigenvalue weighted by atomic mass is 10.5. The zero-order chi connectivity index (χ0) is 12.7. The summed E-state index contributed by atoms with van der Waals surface area (Å²) in [5.74, 6) is 0. The van der Waals surface area contributed by atoms with Gasteiger partial charge in [0.05, 0.1) is 20.3 Å². The van der Waals surface area contributed by atoms with Gasteiger partial charge in [-0.05, 0) is 0 Å². The van der Waals surface area contributed by atoms with Crippen LogP contribution in [0.5, 0.6) is 0 Å². The van der Waals surface area contributed by atoms with Crippen molar-refractivity contribution in [1.82, 2.24) is 9.47 Å². The Kier molecular flexibility index (Phi) is 8.94. The second kappa shape index (κ2) is 9.29. The second-order valence-corrected chi connectivity index (χ2v) is 3.74. The van der Waals surface area contributed by atoms with Gasteiger partial charge in [-0.1, -0.05) is 0 Å². The van der Waals surface area contributed by atoms with Gasteiger partial charge in [0.2, 0.25) is 0 Å². The standard InChI is InChI=1S/C11H20N3O3.HI/c1-12-4-5-14(10-12)11(15)13(6-8-16-2)7-9-17-3;/h4-5,10H,6-9H2,1-3H3;1H/q+1;/p-1. The number of imidazole rings is 1. The van der Waals surface area contributed by atoms with Crippen LogP contribution in [-0.4, -0.2) is 56.0 Å². The highest BCUT2D eigenvalue weighted by Gasteiger charge is 2.19. The number of carbonyl (C=O) groups excluding carboxylic acids is 1. The second-order valence-electron chi connectivity index (χ2n) is 3.74. The first kappa shape index (κ1) is 17.3. The number of amides is 1. The molecule has 0 unspecified atom stereocenters. The number of hydrogen-bond donors (Lipinski definition) is 0. The van der Waals surface area contributed by atoms with Crippen molar-refractivity contribution in [3.8, 4) is 0 Å². The molecular weight excluding hydrogens is 349 g/mol. The highest BCUT2D eigenvalue weighted by atomic mass is 127. The molecule has 0 aromatic carbocycles. The Morgan fingerprint density at radius 1 is 1.28 bits per heavy atom. The normalized spacial score (nSPS) is 9.94. The van der Waals surface area contributed by atoms with Crippen LogP contribution in [0.25, 0.3) is 0 Å². The fourth-order valence-electron chi connectivity index (χ4n) is 1.43. The van der Waals surface area contributed by atoms with Crippen molar-refractivity contribution >= 4 is 6.03 Å². The lowest BCUT2D eigenvalue weighted by Gasteiger charge is -2.18. The minimum atomic E-state index is -0.0697. The van der Waals surface area contributed by atoms with Gasteiger partial charge in [0.25, 0.3) is 6.33 Å². The molecule has 0 N–H and O–H groups in total. The van der Waals surface area contributed by atoms with E-state index in [1.807, 2.05) is 17.8 Å². The third-order valence-electron chi connectivity index (χ3n) is 2.39. The quantitative estimate of drug-likeness (QED) is 0.394. The Balaban J connectivity index is 0.00000289. The molecule has 1 amide bonds. The summed E-state index contributed by atoms with van der Waals surface area (Å²) in [5.41, 5.74) is 0. The first-order valence-corrected chi connectivity index (χ1v) is 5.49. The molecule has 1 aromatic heterocycles. The van der Waals surface area contributed by atoms with E-state index in [0.717, 1.165) is 0 Å². The van der Waals surface area contributed by atoms with E-state index < -0.39 is 0 Å². The van der Waals surface area contributed by atoms with E-state index >= 15 is 0 Å². The third kappa shape index (κ3) is 5.32. The van der Waals surface area contributed by atoms with Gasteiger partial charge in [-0.25, -0.2) is 9.36 Å². The molecule has 0 fully saturated rings. The molecule has 0 aliphatic heterocycles. The van der Waals surface area contributed by atoms with Gasteiger partial charge in [-0.3, -0.25) is 4.90 Å². The zero-order valence-corrected chi connectivity index (χ0v) is 13.2. The molecule has 1 aromatic rings. The maximum absolute atomic E-state index is 12.1. The minimum Gasteiger partial charge on any atom is -1.00 e. The summed E-state index contributed by atoms with van der Waals surface area (Å²) < 4.78 is 13.4. The first-order chi connectivity index (χ1) is 8.19. The Morgan fingerprint density at radius 3 is 2.22 bits per heavy atom. The molecule has 104 valence electrons. The summed E-state index contributed by atoms with van der Waals surface area (Å²) in [6.45, 7) is 2.15. The summed E-state index contributed by atoms with van der Waals surface area (Å²) in [6, 6.07) is -0.0697. The summed E-state index contributed by atoms with van der Waals surface area (Å²) in [4.78, 5) is 13.8. The smallest absolute Gasteiger partial charge is 0.415 e. The van der Waals surface area contributed by atoms with Gasteiger partial charge in [0.15, 0.2) is 0 Å². The SMILES string of the molecule is COCCN(CCOC)C(=O)n1cc[n+](C)c1.[I-]. The van der Waals surface area contributed by atoms with Crippen LogP contribution in [0.4, 0.5) is 4.79 Å². The molecular formula is C11H20IN3O3. The van der Waals surface area contributed by atoms with Crippen LogP contribution in [-0.2, 0) is 16.5 Å². The highest BCUT2D eigenvalue weighted by Crippen LogP contribution is 1.96. The van der Waals surface area contributed by atoms with Gasteiger partial charge in [-0.2, -0.15) is 4.57 Å². The van der Waals surface area contributed by atoms with E-state index in [0.29, 0.717) is 26.3 Å². The molecule has 0 saturated heterocycles. The van der Waals surface area contributed by atoms with Crippen LogP contribution in [0.15, 0.2) is 18.7 Å². The third-order valence-corrected chi connectivity index (χ3v) is 2.39. The first-order valence-electron chi connectivity index (χ1n) is 5.49. The lowest BCUT2D eigenvalue weighted by molar-refractivity contribution is -0.670. The van der Waals surface area contributed by atoms with Crippen molar-refractivity contribution in [3.05, 3.63) is 18.7 Å². The van der Waals surface area contributed by atoms with Gasteiger partial charge in [0.1, 0.15) is 12.4 Å². The summed E-state index contributed by atoms with van der Waals surface area (Å²) in [7, 11) is 5.11. The average Bonchev–Trinajstić information content (AvgIpc) is 2.75. The monoisotopic (exact) mass is 369 g/mol. The molecule has 0 aliphatic carbocycles. The molecule has 1 rings (SSSR count). The van der Waals surface area contributed by atoms with Gasteiger partial charge in [0, 0.05) is 27.3 Å². The van der Waals surface area contributed by atoms with Crippen LogP contribution in [0.2, 0.25) is 0 Å². The molecule has 0 saturated carbocycles. The number of rotatable bonds is 6. The molecule has 0 spiro atoms. The number of aryl methyl sites for hydroxylation is 1. The largest absolute Gasteiger partial charge is 1.00 e. The van der Waals surface area contributed by atoms with Crippen LogP contribution in [0.3, 0.4) is 0 Å². The summed E-state index contributed by atoms with van der Waals surface area (Å²) in [5, 5.41) is 0. The van der Waals surface area contributed by atoms with Crippen molar-refractivity contribution < 1.29 is 42.8 Å². The number of hydrogen-bond acceptors (Lipinski definition) is 3. The van der Waals surface area contributed by atoms with Gasteiger partial charge in [-0.15, -0.1) is 0 Å². The molecule has 0 bridgehead atoms. The van der Waals surface area contributed by atoms with Crippen molar-refractivity contribution in [2.75, 3.05) is 40.5 Å². The summed E-state index contributed by atoms with van der Waals surface area (Å²) >= 11 is 0. The predicted octanol–water partition coefficient (Wildman–Crippen LogP) is -3.12. The molecule has 18 heavy (non-hydrogen) atoms. The van der Waals surface area contributed by atoms with Crippen LogP contribution < -0.4 is 28.5 Å². The van der Waals surface area contributed by atoms with Crippen molar-refractivity contribution in [3.63, 3.8) is 0 Å². The number of ether oxygens (including phenoxy) is 2. The van der Waals surface area contributed by atoms with Crippen LogP contribution in [0.1, 0.15) is 0 Å². The fraction of sp³-hybridized carbons (Fsp3) is 0.636. The molecule has 0 atom stereocenters. The maximum atomic E-state index is 12.1. The molecule has 6 nitrogen and oxygen atoms in total. The Morgan fingerprint density at radius 2 is 1.83 bits per heavy atom. The van der Waals surface area contributed by atoms with Crippen molar-refractivity contribution in [1.29, 1.82) is 0 Å². The van der Waals surface area contributed by atoms with Crippen molar-refractivity contribution in [2.45, 2.75) is 0 Å². The van der Waals surface area contributed by atoms with E-state index in [4.69, 9.17) is 9.47 Å². The Hall–Kier alpha value is -0.670. The summed E-state index contributed by atoms with van der Waals surface area (Å²) in [6.07, 6.45) is 5.28. The number of carbonyl (C=O) groups is 1.